The van der Waals surface area contributed by atoms with Crippen molar-refractivity contribution in [2.45, 2.75) is 83.4 Å². The molecule has 0 saturated carbocycles. The minimum absolute atomic E-state index is 0.0177. The Hall–Kier alpha value is -0.610. The number of rotatable bonds is 5. The Kier molecular flexibility index (Phi) is 6.06. The van der Waals surface area contributed by atoms with Crippen LogP contribution in [-0.2, 0) is 9.53 Å². The molecule has 1 amide bonds. The number of nitrogens with one attached hydrogen (secondary N) is 1. The highest BCUT2D eigenvalue weighted by molar-refractivity contribution is 5.81. The lowest BCUT2D eigenvalue weighted by Gasteiger charge is -2.41. The summed E-state index contributed by atoms with van der Waals surface area (Å²) in [5.74, 6) is 0.278. The van der Waals surface area contributed by atoms with Crippen molar-refractivity contribution in [3.8, 4) is 0 Å². The third-order valence-corrected chi connectivity index (χ3v) is 5.31. The highest BCUT2D eigenvalue weighted by Gasteiger charge is 2.35. The fourth-order valence-electron chi connectivity index (χ4n) is 3.73. The zero-order valence-electron chi connectivity index (χ0n) is 14.0. The molecule has 0 bridgehead atoms. The van der Waals surface area contributed by atoms with Crippen LogP contribution in [0.3, 0.4) is 0 Å². The topological polar surface area (TPSA) is 41.6 Å². The summed E-state index contributed by atoms with van der Waals surface area (Å²) in [4.78, 5) is 14.5. The largest absolute Gasteiger partial charge is 0.375 e. The van der Waals surface area contributed by atoms with E-state index < -0.39 is 0 Å². The molecule has 0 aromatic carbocycles. The molecule has 0 spiro atoms. The van der Waals surface area contributed by atoms with E-state index in [0.717, 1.165) is 58.2 Å². The number of carbonyl (C=O) groups is 1. The fourth-order valence-corrected chi connectivity index (χ4v) is 3.73. The Morgan fingerprint density at radius 2 is 1.95 bits per heavy atom. The van der Waals surface area contributed by atoms with Crippen LogP contribution in [0.1, 0.15) is 65.7 Å². The maximum atomic E-state index is 12.5. The first kappa shape index (κ1) is 16.8. The molecule has 2 unspecified atom stereocenters. The Balaban J connectivity index is 1.86. The molecule has 4 heteroatoms. The highest BCUT2D eigenvalue weighted by atomic mass is 16.5. The van der Waals surface area contributed by atoms with Gasteiger partial charge in [0, 0.05) is 25.7 Å². The Morgan fingerprint density at radius 1 is 1.29 bits per heavy atom. The normalized spacial score (nSPS) is 27.4. The zero-order valence-corrected chi connectivity index (χ0v) is 14.0. The second-order valence-corrected chi connectivity index (χ2v) is 6.70. The van der Waals surface area contributed by atoms with E-state index in [1.54, 1.807) is 0 Å². The summed E-state index contributed by atoms with van der Waals surface area (Å²) in [6, 6.07) is 0.333. The van der Waals surface area contributed by atoms with Gasteiger partial charge in [-0.1, -0.05) is 13.8 Å². The summed E-state index contributed by atoms with van der Waals surface area (Å²) in [5, 5.41) is 3.57. The first-order valence-corrected chi connectivity index (χ1v) is 8.79. The fraction of sp³-hybridized carbons (Fsp3) is 0.941. The van der Waals surface area contributed by atoms with E-state index in [0.29, 0.717) is 6.04 Å². The molecule has 1 N–H and O–H groups in total. The number of likely N-dealkylation sites (tertiary alicyclic amines) is 1. The average Bonchev–Trinajstić information content (AvgIpc) is 2.55. The summed E-state index contributed by atoms with van der Waals surface area (Å²) >= 11 is 0. The molecular formula is C17H32N2O2. The minimum atomic E-state index is -0.0717. The van der Waals surface area contributed by atoms with E-state index in [1.165, 1.54) is 6.42 Å². The Labute approximate surface area is 129 Å². The molecule has 122 valence electrons. The number of ether oxygens (including phenoxy) is 1. The van der Waals surface area contributed by atoms with Crippen molar-refractivity contribution in [1.82, 2.24) is 10.2 Å². The molecule has 2 aliphatic heterocycles. The van der Waals surface area contributed by atoms with Gasteiger partial charge in [-0.15, -0.1) is 0 Å². The second kappa shape index (κ2) is 7.59. The lowest BCUT2D eigenvalue weighted by molar-refractivity contribution is -0.135. The average molecular weight is 296 g/mol. The van der Waals surface area contributed by atoms with Gasteiger partial charge in [-0.2, -0.15) is 0 Å². The van der Waals surface area contributed by atoms with Crippen LogP contribution in [0.4, 0.5) is 0 Å². The molecule has 0 aromatic heterocycles. The molecule has 0 aromatic rings. The molecule has 2 heterocycles. The van der Waals surface area contributed by atoms with E-state index in [4.69, 9.17) is 4.74 Å². The van der Waals surface area contributed by atoms with Crippen molar-refractivity contribution in [2.75, 3.05) is 19.7 Å². The first-order valence-electron chi connectivity index (χ1n) is 8.79. The van der Waals surface area contributed by atoms with Crippen LogP contribution >= 0.6 is 0 Å². The van der Waals surface area contributed by atoms with Crippen molar-refractivity contribution >= 4 is 5.91 Å². The van der Waals surface area contributed by atoms with Crippen LogP contribution in [0.15, 0.2) is 0 Å². The maximum Gasteiger partial charge on any atom is 0.239 e. The van der Waals surface area contributed by atoms with Crippen molar-refractivity contribution in [2.24, 2.45) is 0 Å². The molecular weight excluding hydrogens is 264 g/mol. The smallest absolute Gasteiger partial charge is 0.239 e. The van der Waals surface area contributed by atoms with Crippen LogP contribution in [0.25, 0.3) is 0 Å². The molecule has 2 fully saturated rings. The van der Waals surface area contributed by atoms with Gasteiger partial charge in [0.2, 0.25) is 5.91 Å². The SMILES string of the molecule is CCC1(CC)CC(NC(C)C(=O)N2CCCCC2)CCO1. The Bertz CT molecular complexity index is 336. The van der Waals surface area contributed by atoms with Crippen LogP contribution in [0, 0.1) is 0 Å². The molecule has 2 saturated heterocycles. The number of hydrogen-bond acceptors (Lipinski definition) is 3. The van der Waals surface area contributed by atoms with Gasteiger partial charge in [-0.25, -0.2) is 0 Å². The lowest BCUT2D eigenvalue weighted by atomic mass is 9.85. The van der Waals surface area contributed by atoms with Gasteiger partial charge in [-0.05, 0) is 51.9 Å². The molecule has 0 aliphatic carbocycles. The standard InChI is InChI=1S/C17H32N2O2/c1-4-17(5-2)13-15(9-12-21-17)18-14(3)16(20)19-10-7-6-8-11-19/h14-15,18H,4-13H2,1-3H3. The van der Waals surface area contributed by atoms with Gasteiger partial charge in [0.25, 0.3) is 0 Å². The van der Waals surface area contributed by atoms with Gasteiger partial charge in [0.1, 0.15) is 0 Å². The summed E-state index contributed by atoms with van der Waals surface area (Å²) in [6.07, 6.45) is 7.72. The maximum absolute atomic E-state index is 12.5. The third kappa shape index (κ3) is 4.19. The molecule has 2 aliphatic rings. The number of nitrogens with zero attached hydrogens (tertiary/aromatic N) is 1. The van der Waals surface area contributed by atoms with E-state index in [9.17, 15) is 4.79 Å². The summed E-state index contributed by atoms with van der Waals surface area (Å²) in [6.45, 7) is 9.11. The van der Waals surface area contributed by atoms with E-state index in [-0.39, 0.29) is 17.6 Å². The van der Waals surface area contributed by atoms with Crippen LogP contribution in [-0.4, -0.2) is 48.2 Å². The molecule has 2 rings (SSSR count). The summed E-state index contributed by atoms with van der Waals surface area (Å²) < 4.78 is 6.02. The van der Waals surface area contributed by atoms with Crippen LogP contribution in [0.2, 0.25) is 0 Å². The van der Waals surface area contributed by atoms with Crippen molar-refractivity contribution in [3.05, 3.63) is 0 Å². The summed E-state index contributed by atoms with van der Waals surface area (Å²) in [7, 11) is 0. The monoisotopic (exact) mass is 296 g/mol. The van der Waals surface area contributed by atoms with E-state index in [1.807, 2.05) is 11.8 Å². The van der Waals surface area contributed by atoms with Crippen molar-refractivity contribution in [1.29, 1.82) is 0 Å². The van der Waals surface area contributed by atoms with Crippen LogP contribution in [0.5, 0.6) is 0 Å². The van der Waals surface area contributed by atoms with Gasteiger partial charge >= 0.3 is 0 Å². The van der Waals surface area contributed by atoms with Gasteiger partial charge in [0.05, 0.1) is 11.6 Å². The number of piperidine rings is 1. The highest BCUT2D eigenvalue weighted by Crippen LogP contribution is 2.31. The molecule has 2 atom stereocenters. The third-order valence-electron chi connectivity index (χ3n) is 5.31. The van der Waals surface area contributed by atoms with Gasteiger partial charge < -0.3 is 15.0 Å². The molecule has 0 radical (unpaired) electrons. The predicted molar refractivity (Wildman–Crippen MR) is 85.3 cm³/mol. The summed E-state index contributed by atoms with van der Waals surface area (Å²) in [5.41, 5.74) is 0.0177. The molecule has 21 heavy (non-hydrogen) atoms. The van der Waals surface area contributed by atoms with Crippen molar-refractivity contribution in [3.63, 3.8) is 0 Å². The second-order valence-electron chi connectivity index (χ2n) is 6.70. The number of carbonyl (C=O) groups excluding carboxylic acids is 1. The van der Waals surface area contributed by atoms with Gasteiger partial charge in [-0.3, -0.25) is 4.79 Å². The quantitative estimate of drug-likeness (QED) is 0.848. The van der Waals surface area contributed by atoms with E-state index in [2.05, 4.69) is 19.2 Å². The lowest BCUT2D eigenvalue weighted by Crippen LogP contribution is -2.53. The number of hydrogen-bond donors (Lipinski definition) is 1. The minimum Gasteiger partial charge on any atom is -0.375 e. The first-order chi connectivity index (χ1) is 10.1. The van der Waals surface area contributed by atoms with Crippen LogP contribution < -0.4 is 5.32 Å². The van der Waals surface area contributed by atoms with Crippen molar-refractivity contribution < 1.29 is 9.53 Å². The predicted octanol–water partition coefficient (Wildman–Crippen LogP) is 2.71. The number of amides is 1. The molecule has 4 nitrogen and oxygen atoms in total. The van der Waals surface area contributed by atoms with E-state index >= 15 is 0 Å². The zero-order chi connectivity index (χ0) is 15.3. The van der Waals surface area contributed by atoms with Gasteiger partial charge in [0.15, 0.2) is 0 Å². The Morgan fingerprint density at radius 3 is 2.57 bits per heavy atom.